The van der Waals surface area contributed by atoms with E-state index >= 15 is 0 Å². The van der Waals surface area contributed by atoms with Gasteiger partial charge in [0.1, 0.15) is 0 Å². The van der Waals surface area contributed by atoms with Gasteiger partial charge in [-0.15, -0.1) is 5.10 Å². The quantitative estimate of drug-likeness (QED) is 0.790. The van der Waals surface area contributed by atoms with Crippen LogP contribution in [0.5, 0.6) is 0 Å². The molecule has 0 N–H and O–H groups in total. The van der Waals surface area contributed by atoms with Crippen molar-refractivity contribution in [1.29, 1.82) is 0 Å². The summed E-state index contributed by atoms with van der Waals surface area (Å²) in [5.74, 6) is 0. The maximum absolute atomic E-state index is 6.09. The highest BCUT2D eigenvalue weighted by Crippen LogP contribution is 2.36. The number of rotatable bonds is 2. The van der Waals surface area contributed by atoms with Gasteiger partial charge in [-0.25, -0.2) is 4.68 Å². The van der Waals surface area contributed by atoms with Crippen molar-refractivity contribution in [3.8, 4) is 5.69 Å². The van der Waals surface area contributed by atoms with Crippen molar-refractivity contribution in [1.82, 2.24) is 15.0 Å². The third kappa shape index (κ3) is 2.38. The van der Waals surface area contributed by atoms with E-state index in [1.165, 1.54) is 0 Å². The summed E-state index contributed by atoms with van der Waals surface area (Å²) in [5.41, 5.74) is 2.26. The lowest BCUT2D eigenvalue weighted by atomic mass is 9.79. The molecule has 1 fully saturated rings. The Balaban J connectivity index is 1.94. The van der Waals surface area contributed by atoms with Crippen molar-refractivity contribution >= 4 is 12.6 Å². The first-order valence-electron chi connectivity index (χ1n) is 7.13. The first-order valence-corrected chi connectivity index (χ1v) is 7.13. The molecule has 6 heteroatoms. The van der Waals surface area contributed by atoms with E-state index in [1.54, 1.807) is 10.9 Å². The van der Waals surface area contributed by atoms with E-state index in [0.717, 1.165) is 16.8 Å². The molecule has 0 radical (unpaired) electrons. The molecule has 3 rings (SSSR count). The third-order valence-corrected chi connectivity index (χ3v) is 4.36. The second-order valence-electron chi connectivity index (χ2n) is 6.47. The summed E-state index contributed by atoms with van der Waals surface area (Å²) in [6.45, 7) is 10.2. The van der Waals surface area contributed by atoms with Crippen LogP contribution in [0, 0.1) is 6.92 Å². The fraction of sp³-hybridized carbons (Fsp3) is 0.467. The summed E-state index contributed by atoms with van der Waals surface area (Å²) < 4.78 is 14.0. The summed E-state index contributed by atoms with van der Waals surface area (Å²) >= 11 is 0. The first kappa shape index (κ1) is 14.3. The van der Waals surface area contributed by atoms with Crippen LogP contribution in [0.15, 0.2) is 30.5 Å². The minimum atomic E-state index is -0.362. The second kappa shape index (κ2) is 4.68. The zero-order valence-electron chi connectivity index (χ0n) is 13.1. The maximum atomic E-state index is 6.09. The summed E-state index contributed by atoms with van der Waals surface area (Å²) in [4.78, 5) is 0. The molecular weight excluding hydrogens is 265 g/mol. The second-order valence-corrected chi connectivity index (χ2v) is 6.47. The summed E-state index contributed by atoms with van der Waals surface area (Å²) in [7, 11) is -0.362. The molecular formula is C15H20BN3O2. The normalized spacial score (nSPS) is 20.0. The van der Waals surface area contributed by atoms with Crippen molar-refractivity contribution in [3.63, 3.8) is 0 Å². The first-order chi connectivity index (χ1) is 9.80. The van der Waals surface area contributed by atoms with Crippen LogP contribution in [0.1, 0.15) is 33.4 Å². The predicted molar refractivity (Wildman–Crippen MR) is 81.8 cm³/mol. The number of hydrogen-bond donors (Lipinski definition) is 0. The Kier molecular flexibility index (Phi) is 3.18. The molecule has 0 spiro atoms. The standard InChI is InChI=1S/C15H20BN3O2/c1-11-10-17-18-19(11)13-8-6-7-12(9-13)16-20-14(2,3)15(4,5)21-16/h6-10H,1-5H3. The van der Waals surface area contributed by atoms with Crippen LogP contribution in [0.4, 0.5) is 0 Å². The van der Waals surface area contributed by atoms with E-state index in [0.29, 0.717) is 0 Å². The molecule has 1 aromatic heterocycles. The van der Waals surface area contributed by atoms with E-state index in [-0.39, 0.29) is 18.3 Å². The Morgan fingerprint density at radius 1 is 1.10 bits per heavy atom. The zero-order chi connectivity index (χ0) is 15.3. The Morgan fingerprint density at radius 2 is 1.76 bits per heavy atom. The minimum absolute atomic E-state index is 0.336. The highest BCUT2D eigenvalue weighted by molar-refractivity contribution is 6.62. The van der Waals surface area contributed by atoms with Gasteiger partial charge in [0.25, 0.3) is 0 Å². The molecule has 0 atom stereocenters. The summed E-state index contributed by atoms with van der Waals surface area (Å²) in [5, 5.41) is 8.02. The van der Waals surface area contributed by atoms with Crippen LogP contribution in [-0.4, -0.2) is 33.3 Å². The van der Waals surface area contributed by atoms with Gasteiger partial charge in [0.05, 0.1) is 28.8 Å². The molecule has 0 unspecified atom stereocenters. The van der Waals surface area contributed by atoms with E-state index in [1.807, 2.05) is 31.2 Å². The lowest BCUT2D eigenvalue weighted by molar-refractivity contribution is 0.00578. The van der Waals surface area contributed by atoms with Crippen molar-refractivity contribution in [2.24, 2.45) is 0 Å². The van der Waals surface area contributed by atoms with Gasteiger partial charge in [0.2, 0.25) is 0 Å². The number of nitrogens with zero attached hydrogens (tertiary/aromatic N) is 3. The minimum Gasteiger partial charge on any atom is -0.399 e. The fourth-order valence-electron chi connectivity index (χ4n) is 2.32. The fourth-order valence-corrected chi connectivity index (χ4v) is 2.32. The van der Waals surface area contributed by atoms with Crippen LogP contribution in [-0.2, 0) is 9.31 Å². The van der Waals surface area contributed by atoms with Gasteiger partial charge in [-0.1, -0.05) is 17.3 Å². The van der Waals surface area contributed by atoms with Crippen LogP contribution in [0.25, 0.3) is 5.69 Å². The Morgan fingerprint density at radius 3 is 2.33 bits per heavy atom. The molecule has 1 aliphatic heterocycles. The molecule has 21 heavy (non-hydrogen) atoms. The highest BCUT2D eigenvalue weighted by atomic mass is 16.7. The monoisotopic (exact) mass is 285 g/mol. The Labute approximate surface area is 125 Å². The topological polar surface area (TPSA) is 49.2 Å². The van der Waals surface area contributed by atoms with Gasteiger partial charge in [-0.3, -0.25) is 0 Å². The molecule has 1 aromatic carbocycles. The number of aryl methyl sites for hydroxylation is 1. The Hall–Kier alpha value is -1.66. The molecule has 2 aromatic rings. The van der Waals surface area contributed by atoms with E-state index in [4.69, 9.17) is 9.31 Å². The van der Waals surface area contributed by atoms with E-state index < -0.39 is 0 Å². The van der Waals surface area contributed by atoms with Crippen molar-refractivity contribution in [2.75, 3.05) is 0 Å². The van der Waals surface area contributed by atoms with Crippen molar-refractivity contribution in [3.05, 3.63) is 36.2 Å². The maximum Gasteiger partial charge on any atom is 0.494 e. The predicted octanol–water partition coefficient (Wildman–Crippen LogP) is 1.87. The number of benzene rings is 1. The van der Waals surface area contributed by atoms with Gasteiger partial charge in [0.15, 0.2) is 0 Å². The van der Waals surface area contributed by atoms with Crippen LogP contribution >= 0.6 is 0 Å². The molecule has 0 bridgehead atoms. The van der Waals surface area contributed by atoms with Crippen molar-refractivity contribution < 1.29 is 9.31 Å². The third-order valence-electron chi connectivity index (χ3n) is 4.36. The van der Waals surface area contributed by atoms with Crippen LogP contribution < -0.4 is 5.46 Å². The summed E-state index contributed by atoms with van der Waals surface area (Å²) in [6, 6.07) is 8.02. The molecule has 1 saturated heterocycles. The van der Waals surface area contributed by atoms with Crippen molar-refractivity contribution in [2.45, 2.75) is 45.8 Å². The molecule has 110 valence electrons. The van der Waals surface area contributed by atoms with Gasteiger partial charge >= 0.3 is 7.12 Å². The van der Waals surface area contributed by atoms with Gasteiger partial charge in [-0.2, -0.15) is 0 Å². The van der Waals surface area contributed by atoms with Gasteiger partial charge in [0, 0.05) is 0 Å². The average molecular weight is 285 g/mol. The molecule has 2 heterocycles. The largest absolute Gasteiger partial charge is 0.494 e. The van der Waals surface area contributed by atoms with E-state index in [9.17, 15) is 0 Å². The lowest BCUT2D eigenvalue weighted by Gasteiger charge is -2.32. The smallest absolute Gasteiger partial charge is 0.399 e. The van der Waals surface area contributed by atoms with Crippen LogP contribution in [0.2, 0.25) is 0 Å². The molecule has 0 saturated carbocycles. The molecule has 5 nitrogen and oxygen atoms in total. The lowest BCUT2D eigenvalue weighted by Crippen LogP contribution is -2.41. The summed E-state index contributed by atoms with van der Waals surface area (Å²) in [6.07, 6.45) is 1.74. The van der Waals surface area contributed by atoms with E-state index in [2.05, 4.69) is 38.0 Å². The zero-order valence-corrected chi connectivity index (χ0v) is 13.1. The molecule has 0 aliphatic carbocycles. The van der Waals surface area contributed by atoms with Gasteiger partial charge < -0.3 is 9.31 Å². The van der Waals surface area contributed by atoms with Gasteiger partial charge in [-0.05, 0) is 52.2 Å². The molecule has 0 amide bonds. The highest BCUT2D eigenvalue weighted by Gasteiger charge is 2.51. The number of aromatic nitrogens is 3. The molecule has 1 aliphatic rings. The number of hydrogen-bond acceptors (Lipinski definition) is 4. The van der Waals surface area contributed by atoms with Crippen LogP contribution in [0.3, 0.4) is 0 Å². The Bertz CT molecular complexity index is 650. The SMILES string of the molecule is Cc1cnnn1-c1cccc(B2OC(C)(C)C(C)(C)O2)c1. The average Bonchev–Trinajstić information content (AvgIpc) is 2.92.